The van der Waals surface area contributed by atoms with E-state index in [1.807, 2.05) is 6.92 Å². The normalized spacial score (nSPS) is 20.4. The van der Waals surface area contributed by atoms with E-state index < -0.39 is 0 Å². The summed E-state index contributed by atoms with van der Waals surface area (Å²) in [6, 6.07) is 0. The quantitative estimate of drug-likeness (QED) is 0.635. The molecule has 0 aromatic carbocycles. The second-order valence-electron chi connectivity index (χ2n) is 4.52. The van der Waals surface area contributed by atoms with Gasteiger partial charge in [-0.05, 0) is 32.7 Å². The molecule has 0 aliphatic heterocycles. The second kappa shape index (κ2) is 8.08. The highest BCUT2D eigenvalue weighted by Crippen LogP contribution is 2.19. The van der Waals surface area contributed by atoms with Gasteiger partial charge in [0.2, 0.25) is 0 Å². The van der Waals surface area contributed by atoms with Gasteiger partial charge >= 0.3 is 0 Å². The molecule has 2 N–H and O–H groups in total. The largest absolute Gasteiger partial charge is 0.393 e. The highest BCUT2D eigenvalue weighted by Gasteiger charge is 2.12. The SMILES string of the molecule is CC(O)CCNCCOC1CCCCC1. The maximum atomic E-state index is 9.04. The Morgan fingerprint density at radius 3 is 2.67 bits per heavy atom. The summed E-state index contributed by atoms with van der Waals surface area (Å²) in [5.41, 5.74) is 0. The van der Waals surface area contributed by atoms with E-state index in [-0.39, 0.29) is 6.10 Å². The summed E-state index contributed by atoms with van der Waals surface area (Å²) in [5, 5.41) is 12.3. The molecular formula is C12H25NO2. The summed E-state index contributed by atoms with van der Waals surface area (Å²) < 4.78 is 5.76. The number of hydrogen-bond donors (Lipinski definition) is 2. The average Bonchev–Trinajstić information content (AvgIpc) is 2.24. The lowest BCUT2D eigenvalue weighted by molar-refractivity contribution is 0.0301. The third-order valence-corrected chi connectivity index (χ3v) is 2.92. The third-order valence-electron chi connectivity index (χ3n) is 2.92. The molecule has 90 valence electrons. The molecular weight excluding hydrogens is 190 g/mol. The molecule has 1 atom stereocenters. The van der Waals surface area contributed by atoms with Crippen LogP contribution in [-0.2, 0) is 4.74 Å². The van der Waals surface area contributed by atoms with Gasteiger partial charge in [-0.3, -0.25) is 0 Å². The first kappa shape index (κ1) is 12.9. The van der Waals surface area contributed by atoms with E-state index in [4.69, 9.17) is 9.84 Å². The highest BCUT2D eigenvalue weighted by atomic mass is 16.5. The molecule has 3 nitrogen and oxygen atoms in total. The fraction of sp³-hybridized carbons (Fsp3) is 1.00. The van der Waals surface area contributed by atoms with E-state index in [1.165, 1.54) is 32.1 Å². The van der Waals surface area contributed by atoms with Gasteiger partial charge in [0.05, 0.1) is 18.8 Å². The van der Waals surface area contributed by atoms with Gasteiger partial charge in [-0.2, -0.15) is 0 Å². The van der Waals surface area contributed by atoms with Gasteiger partial charge in [-0.15, -0.1) is 0 Å². The minimum atomic E-state index is -0.197. The lowest BCUT2D eigenvalue weighted by Gasteiger charge is -2.22. The van der Waals surface area contributed by atoms with Crippen molar-refractivity contribution in [2.24, 2.45) is 0 Å². The van der Waals surface area contributed by atoms with E-state index in [0.717, 1.165) is 26.1 Å². The zero-order valence-electron chi connectivity index (χ0n) is 9.87. The van der Waals surface area contributed by atoms with Crippen molar-refractivity contribution in [1.29, 1.82) is 0 Å². The van der Waals surface area contributed by atoms with Crippen LogP contribution in [0.3, 0.4) is 0 Å². The number of aliphatic hydroxyl groups excluding tert-OH is 1. The predicted molar refractivity (Wildman–Crippen MR) is 62.0 cm³/mol. The zero-order chi connectivity index (χ0) is 10.9. The molecule has 0 aromatic rings. The summed E-state index contributed by atoms with van der Waals surface area (Å²) in [7, 11) is 0. The van der Waals surface area contributed by atoms with Gasteiger partial charge in [0, 0.05) is 6.54 Å². The van der Waals surface area contributed by atoms with Crippen molar-refractivity contribution in [2.75, 3.05) is 19.7 Å². The van der Waals surface area contributed by atoms with Crippen molar-refractivity contribution >= 4 is 0 Å². The molecule has 0 amide bonds. The van der Waals surface area contributed by atoms with Crippen molar-refractivity contribution in [3.05, 3.63) is 0 Å². The predicted octanol–water partition coefficient (Wildman–Crippen LogP) is 1.70. The summed E-state index contributed by atoms with van der Waals surface area (Å²) in [6.45, 7) is 4.42. The fourth-order valence-electron chi connectivity index (χ4n) is 1.97. The zero-order valence-corrected chi connectivity index (χ0v) is 9.87. The van der Waals surface area contributed by atoms with Crippen LogP contribution in [-0.4, -0.2) is 37.0 Å². The van der Waals surface area contributed by atoms with Gasteiger partial charge in [0.1, 0.15) is 0 Å². The number of aliphatic hydroxyl groups is 1. The fourth-order valence-corrected chi connectivity index (χ4v) is 1.97. The summed E-state index contributed by atoms with van der Waals surface area (Å²) in [4.78, 5) is 0. The van der Waals surface area contributed by atoms with E-state index in [2.05, 4.69) is 5.32 Å². The van der Waals surface area contributed by atoms with Gasteiger partial charge in [-0.25, -0.2) is 0 Å². The summed E-state index contributed by atoms with van der Waals surface area (Å²) in [5.74, 6) is 0. The number of hydrogen-bond acceptors (Lipinski definition) is 3. The monoisotopic (exact) mass is 215 g/mol. The Kier molecular flexibility index (Phi) is 6.98. The van der Waals surface area contributed by atoms with E-state index >= 15 is 0 Å². The molecule has 0 aromatic heterocycles. The molecule has 1 rings (SSSR count). The van der Waals surface area contributed by atoms with E-state index in [0.29, 0.717) is 6.10 Å². The summed E-state index contributed by atoms with van der Waals surface area (Å²) in [6.07, 6.45) is 7.67. The minimum Gasteiger partial charge on any atom is -0.393 e. The molecule has 0 saturated heterocycles. The molecule has 0 heterocycles. The molecule has 1 unspecified atom stereocenters. The Balaban J connectivity index is 1.83. The van der Waals surface area contributed by atoms with Crippen LogP contribution >= 0.6 is 0 Å². The topological polar surface area (TPSA) is 41.5 Å². The van der Waals surface area contributed by atoms with Crippen molar-refractivity contribution in [3.8, 4) is 0 Å². The van der Waals surface area contributed by atoms with Gasteiger partial charge in [0.25, 0.3) is 0 Å². The van der Waals surface area contributed by atoms with Gasteiger partial charge in [-0.1, -0.05) is 19.3 Å². The number of nitrogens with one attached hydrogen (secondary N) is 1. The Morgan fingerprint density at radius 1 is 1.27 bits per heavy atom. The molecule has 1 fully saturated rings. The van der Waals surface area contributed by atoms with E-state index in [1.54, 1.807) is 0 Å². The molecule has 1 aliphatic carbocycles. The second-order valence-corrected chi connectivity index (χ2v) is 4.52. The molecule has 0 bridgehead atoms. The Hall–Kier alpha value is -0.120. The molecule has 1 aliphatic rings. The van der Waals surface area contributed by atoms with Crippen LogP contribution in [0.5, 0.6) is 0 Å². The lowest BCUT2D eigenvalue weighted by Crippen LogP contribution is -2.26. The number of rotatable bonds is 7. The van der Waals surface area contributed by atoms with Crippen LogP contribution in [0.4, 0.5) is 0 Å². The molecule has 15 heavy (non-hydrogen) atoms. The molecule has 3 heteroatoms. The van der Waals surface area contributed by atoms with Crippen LogP contribution < -0.4 is 5.32 Å². The van der Waals surface area contributed by atoms with Crippen LogP contribution in [0.25, 0.3) is 0 Å². The maximum Gasteiger partial charge on any atom is 0.0594 e. The van der Waals surface area contributed by atoms with Crippen molar-refractivity contribution < 1.29 is 9.84 Å². The average molecular weight is 215 g/mol. The lowest BCUT2D eigenvalue weighted by atomic mass is 9.98. The Labute approximate surface area is 93.2 Å². The van der Waals surface area contributed by atoms with Crippen molar-refractivity contribution in [3.63, 3.8) is 0 Å². The maximum absolute atomic E-state index is 9.04. The van der Waals surface area contributed by atoms with Gasteiger partial charge in [0.15, 0.2) is 0 Å². The van der Waals surface area contributed by atoms with E-state index in [9.17, 15) is 0 Å². The van der Waals surface area contributed by atoms with Crippen LogP contribution in [0.1, 0.15) is 45.4 Å². The first-order valence-electron chi connectivity index (χ1n) is 6.29. The van der Waals surface area contributed by atoms with Crippen molar-refractivity contribution in [1.82, 2.24) is 5.32 Å². The first-order chi connectivity index (χ1) is 7.29. The smallest absolute Gasteiger partial charge is 0.0594 e. The standard InChI is InChI=1S/C12H25NO2/c1-11(14)7-8-13-9-10-15-12-5-3-2-4-6-12/h11-14H,2-10H2,1H3. The highest BCUT2D eigenvalue weighted by molar-refractivity contribution is 4.65. The minimum absolute atomic E-state index is 0.197. The Bertz CT molecular complexity index is 145. The number of ether oxygens (including phenoxy) is 1. The Morgan fingerprint density at radius 2 is 2.00 bits per heavy atom. The van der Waals surface area contributed by atoms with Crippen LogP contribution in [0.2, 0.25) is 0 Å². The molecule has 0 radical (unpaired) electrons. The van der Waals surface area contributed by atoms with Crippen LogP contribution in [0.15, 0.2) is 0 Å². The van der Waals surface area contributed by atoms with Crippen LogP contribution in [0, 0.1) is 0 Å². The molecule has 0 spiro atoms. The summed E-state index contributed by atoms with van der Waals surface area (Å²) >= 11 is 0. The van der Waals surface area contributed by atoms with Crippen molar-refractivity contribution in [2.45, 2.75) is 57.7 Å². The molecule has 1 saturated carbocycles. The third kappa shape index (κ3) is 6.88. The van der Waals surface area contributed by atoms with Gasteiger partial charge < -0.3 is 15.2 Å². The first-order valence-corrected chi connectivity index (χ1v) is 6.29.